The number of likely N-dealkylation sites (tertiary alicyclic amines) is 1. The molecule has 2 aliphatic carbocycles. The van der Waals surface area contributed by atoms with Crippen LogP contribution in [0.25, 0.3) is 0 Å². The molecule has 4 rings (SSSR count). The topological polar surface area (TPSA) is 40.5 Å². The van der Waals surface area contributed by atoms with Crippen LogP contribution in [0.5, 0.6) is 0 Å². The minimum atomic E-state index is -0.290. The zero-order valence-electron chi connectivity index (χ0n) is 10.2. The smallest absolute Gasteiger partial charge is 0.226 e. The summed E-state index contributed by atoms with van der Waals surface area (Å²) in [6.07, 6.45) is 1.97. The first-order valence-electron chi connectivity index (χ1n) is 6.80. The van der Waals surface area contributed by atoms with Gasteiger partial charge in [0.2, 0.25) is 5.91 Å². The van der Waals surface area contributed by atoms with Gasteiger partial charge in [-0.15, -0.1) is 0 Å². The number of hydrogen-bond donors (Lipinski definition) is 1. The summed E-state index contributed by atoms with van der Waals surface area (Å²) in [5, 5.41) is 9.29. The molecular weight excluding hydrogens is 226 g/mol. The minimum Gasteiger partial charge on any atom is -0.389 e. The Morgan fingerprint density at radius 1 is 1.28 bits per heavy atom. The van der Waals surface area contributed by atoms with Gasteiger partial charge in [0.05, 0.1) is 6.10 Å². The number of aryl methyl sites for hydroxylation is 1. The molecule has 0 aromatic heterocycles. The molecule has 1 saturated heterocycles. The molecule has 1 saturated carbocycles. The van der Waals surface area contributed by atoms with E-state index >= 15 is 0 Å². The highest BCUT2D eigenvalue weighted by molar-refractivity contribution is 5.85. The maximum absolute atomic E-state index is 12.3. The third-order valence-electron chi connectivity index (χ3n) is 4.79. The lowest BCUT2D eigenvalue weighted by Gasteiger charge is -2.36. The summed E-state index contributed by atoms with van der Waals surface area (Å²) >= 11 is 0. The number of carbonyl (C=O) groups excluding carboxylic acids is 1. The van der Waals surface area contributed by atoms with E-state index in [4.69, 9.17) is 0 Å². The van der Waals surface area contributed by atoms with Crippen molar-refractivity contribution < 1.29 is 9.90 Å². The largest absolute Gasteiger partial charge is 0.389 e. The van der Waals surface area contributed by atoms with Crippen molar-refractivity contribution in [1.82, 2.24) is 4.90 Å². The summed E-state index contributed by atoms with van der Waals surface area (Å²) in [6, 6.07) is 8.54. The lowest BCUT2D eigenvalue weighted by molar-refractivity contribution is -0.143. The van der Waals surface area contributed by atoms with E-state index in [2.05, 4.69) is 24.3 Å². The summed E-state index contributed by atoms with van der Waals surface area (Å²) in [7, 11) is 0. The van der Waals surface area contributed by atoms with Crippen LogP contribution in [0.2, 0.25) is 0 Å². The SMILES string of the molecule is O=C(C1C2CCc3ccccc3C21)N1CC(O)C1. The summed E-state index contributed by atoms with van der Waals surface area (Å²) in [5.74, 6) is 1.48. The lowest BCUT2D eigenvalue weighted by Crippen LogP contribution is -2.54. The van der Waals surface area contributed by atoms with Gasteiger partial charge in [0.15, 0.2) is 0 Å². The number of nitrogens with zero attached hydrogens (tertiary/aromatic N) is 1. The molecule has 3 aliphatic rings. The van der Waals surface area contributed by atoms with E-state index in [1.807, 2.05) is 4.90 Å². The van der Waals surface area contributed by atoms with E-state index in [0.717, 1.165) is 12.8 Å². The van der Waals surface area contributed by atoms with E-state index in [9.17, 15) is 9.90 Å². The van der Waals surface area contributed by atoms with Gasteiger partial charge in [-0.2, -0.15) is 0 Å². The number of hydrogen-bond acceptors (Lipinski definition) is 2. The van der Waals surface area contributed by atoms with Crippen molar-refractivity contribution in [3.05, 3.63) is 35.4 Å². The molecule has 3 heteroatoms. The third-order valence-corrected chi connectivity index (χ3v) is 4.79. The van der Waals surface area contributed by atoms with Crippen LogP contribution in [0.4, 0.5) is 0 Å². The average molecular weight is 243 g/mol. The van der Waals surface area contributed by atoms with Crippen LogP contribution in [0.1, 0.15) is 23.5 Å². The molecule has 1 amide bonds. The van der Waals surface area contributed by atoms with E-state index in [0.29, 0.717) is 24.9 Å². The molecule has 3 unspecified atom stereocenters. The van der Waals surface area contributed by atoms with Gasteiger partial charge in [-0.3, -0.25) is 4.79 Å². The van der Waals surface area contributed by atoms with Gasteiger partial charge >= 0.3 is 0 Å². The fourth-order valence-electron chi connectivity index (χ4n) is 3.75. The van der Waals surface area contributed by atoms with Gasteiger partial charge in [-0.1, -0.05) is 24.3 Å². The fraction of sp³-hybridized carbons (Fsp3) is 0.533. The van der Waals surface area contributed by atoms with Crippen LogP contribution in [0.3, 0.4) is 0 Å². The zero-order chi connectivity index (χ0) is 12.3. The van der Waals surface area contributed by atoms with Crippen molar-refractivity contribution in [2.24, 2.45) is 11.8 Å². The summed E-state index contributed by atoms with van der Waals surface area (Å²) in [5.41, 5.74) is 2.82. The Hall–Kier alpha value is -1.35. The first-order valence-corrected chi connectivity index (χ1v) is 6.80. The van der Waals surface area contributed by atoms with Crippen molar-refractivity contribution in [3.63, 3.8) is 0 Å². The van der Waals surface area contributed by atoms with Crippen LogP contribution in [-0.2, 0) is 11.2 Å². The van der Waals surface area contributed by atoms with Crippen molar-refractivity contribution in [2.75, 3.05) is 13.1 Å². The molecule has 1 aromatic carbocycles. The first-order chi connectivity index (χ1) is 8.75. The first kappa shape index (κ1) is 10.6. The number of benzene rings is 1. The molecular formula is C15H17NO2. The Balaban J connectivity index is 1.56. The Morgan fingerprint density at radius 2 is 2.06 bits per heavy atom. The van der Waals surface area contributed by atoms with Crippen LogP contribution < -0.4 is 0 Å². The number of carbonyl (C=O) groups is 1. The molecule has 94 valence electrons. The van der Waals surface area contributed by atoms with E-state index in [1.165, 1.54) is 11.1 Å². The van der Waals surface area contributed by atoms with E-state index in [1.54, 1.807) is 0 Å². The molecule has 3 atom stereocenters. The number of aliphatic hydroxyl groups is 1. The summed E-state index contributed by atoms with van der Waals surface area (Å²) in [6.45, 7) is 1.08. The van der Waals surface area contributed by atoms with Crippen molar-refractivity contribution in [3.8, 4) is 0 Å². The molecule has 0 radical (unpaired) electrons. The molecule has 1 aromatic rings. The molecule has 0 bridgehead atoms. The molecule has 1 N–H and O–H groups in total. The van der Waals surface area contributed by atoms with Gasteiger partial charge in [0, 0.05) is 19.0 Å². The maximum Gasteiger partial charge on any atom is 0.226 e. The standard InChI is InChI=1S/C15H17NO2/c17-10-7-16(8-10)15(18)14-12-6-5-9-3-1-2-4-11(9)13(12)14/h1-4,10,12-14,17H,5-8H2. The summed E-state index contributed by atoms with van der Waals surface area (Å²) < 4.78 is 0. The van der Waals surface area contributed by atoms with Crippen LogP contribution in [-0.4, -0.2) is 35.1 Å². The maximum atomic E-state index is 12.3. The Kier molecular flexibility index (Phi) is 2.10. The highest BCUT2D eigenvalue weighted by atomic mass is 16.3. The fourth-order valence-corrected chi connectivity index (χ4v) is 3.75. The van der Waals surface area contributed by atoms with Crippen LogP contribution in [0, 0.1) is 11.8 Å². The van der Waals surface area contributed by atoms with E-state index < -0.39 is 0 Å². The molecule has 1 aliphatic heterocycles. The molecule has 2 fully saturated rings. The Morgan fingerprint density at radius 3 is 2.83 bits per heavy atom. The average Bonchev–Trinajstić information content (AvgIpc) is 3.09. The van der Waals surface area contributed by atoms with Gasteiger partial charge in [-0.25, -0.2) is 0 Å². The van der Waals surface area contributed by atoms with Crippen molar-refractivity contribution in [1.29, 1.82) is 0 Å². The zero-order valence-corrected chi connectivity index (χ0v) is 10.2. The van der Waals surface area contributed by atoms with Crippen LogP contribution in [0.15, 0.2) is 24.3 Å². The predicted molar refractivity (Wildman–Crippen MR) is 67.1 cm³/mol. The highest BCUT2D eigenvalue weighted by Gasteiger charge is 2.58. The monoisotopic (exact) mass is 243 g/mol. The molecule has 1 heterocycles. The van der Waals surface area contributed by atoms with Crippen molar-refractivity contribution >= 4 is 5.91 Å². The lowest BCUT2D eigenvalue weighted by atomic mass is 9.92. The number of rotatable bonds is 1. The third kappa shape index (κ3) is 1.37. The Labute approximate surface area is 106 Å². The Bertz CT molecular complexity index is 507. The van der Waals surface area contributed by atoms with Gasteiger partial charge in [-0.05, 0) is 35.8 Å². The second-order valence-electron chi connectivity index (χ2n) is 5.85. The number of aliphatic hydroxyl groups excluding tert-OH is 1. The summed E-state index contributed by atoms with van der Waals surface area (Å²) in [4.78, 5) is 14.1. The number of fused-ring (bicyclic) bond motifs is 3. The minimum absolute atomic E-state index is 0.196. The molecule has 0 spiro atoms. The van der Waals surface area contributed by atoms with E-state index in [-0.39, 0.29) is 17.9 Å². The number of amides is 1. The van der Waals surface area contributed by atoms with Gasteiger partial charge in [0.1, 0.15) is 0 Å². The molecule has 3 nitrogen and oxygen atoms in total. The highest BCUT2D eigenvalue weighted by Crippen LogP contribution is 2.60. The van der Waals surface area contributed by atoms with Gasteiger partial charge in [0.25, 0.3) is 0 Å². The van der Waals surface area contributed by atoms with Gasteiger partial charge < -0.3 is 10.0 Å². The normalized spacial score (nSPS) is 33.4. The second kappa shape index (κ2) is 3.58. The second-order valence-corrected chi connectivity index (χ2v) is 5.85. The van der Waals surface area contributed by atoms with Crippen molar-refractivity contribution in [2.45, 2.75) is 24.9 Å². The quantitative estimate of drug-likeness (QED) is 0.804. The number of β-amino-alcohol motifs (C(OH)–C–C–N with tert-alkyl or cyclic N) is 1. The van der Waals surface area contributed by atoms with Crippen LogP contribution >= 0.6 is 0 Å². The molecule has 18 heavy (non-hydrogen) atoms. The predicted octanol–water partition coefficient (Wildman–Crippen LogP) is 1.17.